The molecule has 0 radical (unpaired) electrons. The first-order valence-corrected chi connectivity index (χ1v) is 11.2. The van der Waals surface area contributed by atoms with Gasteiger partial charge in [-0.3, -0.25) is 9.69 Å². The summed E-state index contributed by atoms with van der Waals surface area (Å²) >= 11 is 0. The van der Waals surface area contributed by atoms with Crippen LogP contribution in [0.4, 0.5) is 15.8 Å². The van der Waals surface area contributed by atoms with Crippen molar-refractivity contribution in [3.63, 3.8) is 0 Å². The Kier molecular flexibility index (Phi) is 5.90. The molecule has 1 aromatic heterocycles. The highest BCUT2D eigenvalue weighted by molar-refractivity contribution is 5.93. The maximum absolute atomic E-state index is 14.9. The normalized spacial score (nSPS) is 18.2. The summed E-state index contributed by atoms with van der Waals surface area (Å²) in [6.45, 7) is 2.88. The SMILES string of the molecule is O=C(Nc1ccc(N2CCN(C(c3ccccc3)c3ncco3)CC2)c(F)c1)C1CCC1. The molecule has 1 aliphatic heterocycles. The van der Waals surface area contributed by atoms with Gasteiger partial charge in [-0.2, -0.15) is 0 Å². The third kappa shape index (κ3) is 4.25. The Morgan fingerprint density at radius 2 is 1.88 bits per heavy atom. The van der Waals surface area contributed by atoms with E-state index in [-0.39, 0.29) is 23.7 Å². The van der Waals surface area contributed by atoms with Crippen LogP contribution in [0.2, 0.25) is 0 Å². The predicted molar refractivity (Wildman–Crippen MR) is 121 cm³/mol. The van der Waals surface area contributed by atoms with Crippen molar-refractivity contribution >= 4 is 17.3 Å². The quantitative estimate of drug-likeness (QED) is 0.621. The van der Waals surface area contributed by atoms with Crippen LogP contribution in [-0.2, 0) is 4.79 Å². The Morgan fingerprint density at radius 3 is 2.50 bits per heavy atom. The molecule has 6 nitrogen and oxygen atoms in total. The van der Waals surface area contributed by atoms with E-state index in [9.17, 15) is 9.18 Å². The number of amides is 1. The minimum absolute atomic E-state index is 0.00416. The smallest absolute Gasteiger partial charge is 0.227 e. The Labute approximate surface area is 187 Å². The third-order valence-electron chi connectivity index (χ3n) is 6.51. The summed E-state index contributed by atoms with van der Waals surface area (Å²) in [5, 5.41) is 2.85. The second-order valence-corrected chi connectivity index (χ2v) is 8.49. The van der Waals surface area contributed by atoms with E-state index in [4.69, 9.17) is 4.42 Å². The molecule has 1 saturated heterocycles. The molecule has 7 heteroatoms. The molecule has 32 heavy (non-hydrogen) atoms. The fourth-order valence-electron chi connectivity index (χ4n) is 4.49. The number of hydrogen-bond acceptors (Lipinski definition) is 5. The number of oxazole rings is 1. The number of aromatic nitrogens is 1. The maximum atomic E-state index is 14.9. The van der Waals surface area contributed by atoms with Crippen molar-refractivity contribution in [1.29, 1.82) is 0 Å². The summed E-state index contributed by atoms with van der Waals surface area (Å²) in [6.07, 6.45) is 6.21. The molecule has 1 atom stereocenters. The zero-order chi connectivity index (χ0) is 21.9. The molecule has 3 aromatic rings. The van der Waals surface area contributed by atoms with Gasteiger partial charge < -0.3 is 14.6 Å². The summed E-state index contributed by atoms with van der Waals surface area (Å²) in [7, 11) is 0. The van der Waals surface area contributed by atoms with Gasteiger partial charge in [0.15, 0.2) is 0 Å². The maximum Gasteiger partial charge on any atom is 0.227 e. The van der Waals surface area contributed by atoms with Crippen molar-refractivity contribution in [2.45, 2.75) is 25.3 Å². The van der Waals surface area contributed by atoms with Gasteiger partial charge in [-0.1, -0.05) is 36.8 Å². The van der Waals surface area contributed by atoms with Crippen LogP contribution in [0.1, 0.15) is 36.8 Å². The number of carbonyl (C=O) groups excluding carboxylic acids is 1. The highest BCUT2D eigenvalue weighted by Gasteiger charge is 2.30. The van der Waals surface area contributed by atoms with Crippen molar-refractivity contribution in [1.82, 2.24) is 9.88 Å². The van der Waals surface area contributed by atoms with Crippen molar-refractivity contribution in [3.8, 4) is 0 Å². The van der Waals surface area contributed by atoms with Gasteiger partial charge in [0.25, 0.3) is 0 Å². The first-order chi connectivity index (χ1) is 15.7. The van der Waals surface area contributed by atoms with Crippen LogP contribution in [0.15, 0.2) is 65.4 Å². The molecule has 1 unspecified atom stereocenters. The number of halogens is 1. The van der Waals surface area contributed by atoms with E-state index < -0.39 is 0 Å². The summed E-state index contributed by atoms with van der Waals surface area (Å²) in [4.78, 5) is 20.9. The first kappa shape index (κ1) is 20.7. The van der Waals surface area contributed by atoms with Gasteiger partial charge in [-0.15, -0.1) is 0 Å². The zero-order valence-corrected chi connectivity index (χ0v) is 17.9. The number of hydrogen-bond donors (Lipinski definition) is 1. The molecule has 1 aliphatic carbocycles. The van der Waals surface area contributed by atoms with Gasteiger partial charge in [-0.25, -0.2) is 9.37 Å². The number of anilines is 2. The van der Waals surface area contributed by atoms with E-state index in [1.807, 2.05) is 18.2 Å². The van der Waals surface area contributed by atoms with E-state index in [1.54, 1.807) is 24.6 Å². The molecule has 1 N–H and O–H groups in total. The summed E-state index contributed by atoms with van der Waals surface area (Å²) < 4.78 is 20.5. The molecule has 5 rings (SSSR count). The topological polar surface area (TPSA) is 61.6 Å². The number of nitrogens with zero attached hydrogens (tertiary/aromatic N) is 3. The lowest BCUT2D eigenvalue weighted by atomic mass is 9.85. The second-order valence-electron chi connectivity index (χ2n) is 8.49. The van der Waals surface area contributed by atoms with Gasteiger partial charge in [0, 0.05) is 37.8 Å². The van der Waals surface area contributed by atoms with E-state index in [1.165, 1.54) is 6.07 Å². The Bertz CT molecular complexity index is 1050. The zero-order valence-electron chi connectivity index (χ0n) is 17.9. The van der Waals surface area contributed by atoms with E-state index in [2.05, 4.69) is 32.2 Å². The molecule has 1 amide bonds. The fraction of sp³-hybridized carbons (Fsp3) is 0.360. The first-order valence-electron chi connectivity index (χ1n) is 11.2. The van der Waals surface area contributed by atoms with Crippen molar-refractivity contribution in [2.75, 3.05) is 36.4 Å². The molecule has 2 aromatic carbocycles. The van der Waals surface area contributed by atoms with Crippen LogP contribution in [-0.4, -0.2) is 42.0 Å². The molecule has 1 saturated carbocycles. The lowest BCUT2D eigenvalue weighted by Crippen LogP contribution is -2.48. The summed E-state index contributed by atoms with van der Waals surface area (Å²) in [5.41, 5.74) is 2.22. The minimum atomic E-state index is -0.308. The molecule has 2 aliphatic rings. The highest BCUT2D eigenvalue weighted by atomic mass is 19.1. The summed E-state index contributed by atoms with van der Waals surface area (Å²) in [6, 6.07) is 15.1. The number of nitrogens with one attached hydrogen (secondary N) is 1. The van der Waals surface area contributed by atoms with Crippen LogP contribution >= 0.6 is 0 Å². The minimum Gasteiger partial charge on any atom is -0.447 e. The van der Waals surface area contributed by atoms with Crippen LogP contribution in [0, 0.1) is 11.7 Å². The molecule has 0 spiro atoms. The third-order valence-corrected chi connectivity index (χ3v) is 6.51. The Balaban J connectivity index is 1.26. The number of piperazine rings is 1. The average Bonchev–Trinajstić information content (AvgIpc) is 3.29. The number of carbonyl (C=O) groups is 1. The molecule has 2 fully saturated rings. The van der Waals surface area contributed by atoms with Crippen LogP contribution in [0.25, 0.3) is 0 Å². The lowest BCUT2D eigenvalue weighted by Gasteiger charge is -2.39. The van der Waals surface area contributed by atoms with E-state index >= 15 is 0 Å². The van der Waals surface area contributed by atoms with Crippen LogP contribution < -0.4 is 10.2 Å². The van der Waals surface area contributed by atoms with Crippen LogP contribution in [0.3, 0.4) is 0 Å². The standard InChI is InChI=1S/C25H27FN4O2/c26-21-17-20(28-24(31)19-7-4-8-19)9-10-22(21)29-12-14-30(15-13-29)23(25-27-11-16-32-25)18-5-2-1-3-6-18/h1-3,5-6,9-11,16-17,19,23H,4,7-8,12-15H2,(H,28,31). The Hall–Kier alpha value is -3.19. The largest absolute Gasteiger partial charge is 0.447 e. The monoisotopic (exact) mass is 434 g/mol. The van der Waals surface area contributed by atoms with Gasteiger partial charge >= 0.3 is 0 Å². The lowest BCUT2D eigenvalue weighted by molar-refractivity contribution is -0.122. The van der Waals surface area contributed by atoms with Crippen LogP contribution in [0.5, 0.6) is 0 Å². The number of benzene rings is 2. The fourth-order valence-corrected chi connectivity index (χ4v) is 4.49. The highest BCUT2D eigenvalue weighted by Crippen LogP contribution is 2.31. The van der Waals surface area contributed by atoms with Crippen molar-refractivity contribution in [2.24, 2.45) is 5.92 Å². The molecule has 0 bridgehead atoms. The number of rotatable bonds is 6. The molecule has 166 valence electrons. The van der Waals surface area contributed by atoms with Gasteiger partial charge in [0.2, 0.25) is 11.8 Å². The second kappa shape index (κ2) is 9.12. The predicted octanol–water partition coefficient (Wildman–Crippen LogP) is 4.46. The summed E-state index contributed by atoms with van der Waals surface area (Å²) in [5.74, 6) is 0.432. The average molecular weight is 435 g/mol. The van der Waals surface area contributed by atoms with E-state index in [0.29, 0.717) is 30.4 Å². The van der Waals surface area contributed by atoms with Gasteiger partial charge in [0.05, 0.1) is 11.9 Å². The van der Waals surface area contributed by atoms with E-state index in [0.717, 1.165) is 37.9 Å². The molecular formula is C25H27FN4O2. The van der Waals surface area contributed by atoms with Crippen molar-refractivity contribution in [3.05, 3.63) is 78.3 Å². The van der Waals surface area contributed by atoms with Gasteiger partial charge in [0.1, 0.15) is 18.1 Å². The molecule has 2 heterocycles. The van der Waals surface area contributed by atoms with Crippen molar-refractivity contribution < 1.29 is 13.6 Å². The Morgan fingerprint density at radius 1 is 1.09 bits per heavy atom. The van der Waals surface area contributed by atoms with Gasteiger partial charge in [-0.05, 0) is 36.6 Å². The molecular weight excluding hydrogens is 407 g/mol.